The van der Waals surface area contributed by atoms with Gasteiger partial charge in [0.15, 0.2) is 5.78 Å². The molecule has 3 atom stereocenters. The molecule has 2 aliphatic rings. The van der Waals surface area contributed by atoms with Gasteiger partial charge in [-0.25, -0.2) is 4.68 Å². The predicted octanol–water partition coefficient (Wildman–Crippen LogP) is 1.66. The van der Waals surface area contributed by atoms with Crippen molar-refractivity contribution < 1.29 is 14.3 Å². The molecule has 1 aromatic carbocycles. The van der Waals surface area contributed by atoms with Gasteiger partial charge in [-0.3, -0.25) is 4.79 Å². The lowest BCUT2D eigenvalue weighted by molar-refractivity contribution is -0.156. The second-order valence-corrected chi connectivity index (χ2v) is 6.78. The van der Waals surface area contributed by atoms with E-state index >= 15 is 0 Å². The van der Waals surface area contributed by atoms with Gasteiger partial charge in [-0.1, -0.05) is 0 Å². The van der Waals surface area contributed by atoms with E-state index in [1.807, 2.05) is 24.3 Å². The number of Topliss-reactive ketones (excluding diaryl/α,β-unsaturated/α-hetero) is 1. The van der Waals surface area contributed by atoms with E-state index in [0.29, 0.717) is 17.8 Å². The number of ketones is 1. The Morgan fingerprint density at radius 3 is 2.82 bits per heavy atom. The molecule has 0 unspecified atom stereocenters. The Kier molecular flexibility index (Phi) is 3.59. The Morgan fingerprint density at radius 2 is 2.05 bits per heavy atom. The molecule has 2 bridgehead atoms. The molecule has 2 fully saturated rings. The number of carbonyl (C=O) groups excluding carboxylic acids is 1. The highest BCUT2D eigenvalue weighted by Gasteiger charge is 2.45. The van der Waals surface area contributed by atoms with Crippen LogP contribution in [0.4, 0.5) is 0 Å². The number of hydrogen-bond acceptors (Lipinski definition) is 6. The Balaban J connectivity index is 1.71. The van der Waals surface area contributed by atoms with Crippen molar-refractivity contribution in [1.29, 1.82) is 0 Å². The van der Waals surface area contributed by atoms with Gasteiger partial charge in [0.2, 0.25) is 11.1 Å². The highest BCUT2D eigenvalue weighted by Crippen LogP contribution is 2.32. The van der Waals surface area contributed by atoms with Gasteiger partial charge in [-0.15, -0.1) is 0 Å². The third-order valence-electron chi connectivity index (χ3n) is 3.80. The fourth-order valence-electron chi connectivity index (χ4n) is 2.68. The van der Waals surface area contributed by atoms with Crippen LogP contribution in [0, 0.1) is 8.34 Å². The van der Waals surface area contributed by atoms with Crippen LogP contribution in [0.2, 0.25) is 0 Å². The molecule has 7 nitrogen and oxygen atoms in total. The van der Waals surface area contributed by atoms with Gasteiger partial charge >= 0.3 is 0 Å². The summed E-state index contributed by atoms with van der Waals surface area (Å²) in [5.74, 6) is -0.0792. The molecule has 0 saturated carbocycles. The number of hydrogen-bond donors (Lipinski definition) is 0. The molecule has 0 radical (unpaired) electrons. The molecular weight excluding hydrogens is 419 g/mol. The molecule has 1 aromatic heterocycles. The lowest BCUT2D eigenvalue weighted by Crippen LogP contribution is -2.37. The fourth-order valence-corrected chi connectivity index (χ4v) is 3.35. The van der Waals surface area contributed by atoms with Crippen molar-refractivity contribution in [3.05, 3.63) is 32.6 Å². The Morgan fingerprint density at radius 1 is 1.27 bits per heavy atom. The minimum atomic E-state index is -0.721. The van der Waals surface area contributed by atoms with Crippen LogP contribution in [-0.4, -0.2) is 44.6 Å². The number of rotatable bonds is 2. The first-order valence-electron chi connectivity index (χ1n) is 6.74. The van der Waals surface area contributed by atoms with E-state index in [4.69, 9.17) is 21.7 Å². The summed E-state index contributed by atoms with van der Waals surface area (Å²) in [6.07, 6.45) is -0.632. The second-order valence-electron chi connectivity index (χ2n) is 5.17. The van der Waals surface area contributed by atoms with E-state index in [1.54, 1.807) is 9.36 Å². The third kappa shape index (κ3) is 2.32. The van der Waals surface area contributed by atoms with Gasteiger partial charge in [0.1, 0.15) is 6.10 Å². The minimum absolute atomic E-state index is 0.0792. The standard InChI is InChI=1S/C13H11IN4O3S/c14-7-1-3-8(4-2-7)17-13(22)18(16-15-17)9-5-10(19)12-20-6-11(9)21-12/h1-4,9,11-12H,5-6H2/t9-,11-,12+/m1/s1. The lowest BCUT2D eigenvalue weighted by Gasteiger charge is -2.25. The maximum absolute atomic E-state index is 11.9. The van der Waals surface area contributed by atoms with Crippen LogP contribution in [0.1, 0.15) is 12.5 Å². The van der Waals surface area contributed by atoms with Crippen LogP contribution in [0.25, 0.3) is 5.69 Å². The molecule has 22 heavy (non-hydrogen) atoms. The van der Waals surface area contributed by atoms with Crippen LogP contribution in [0.15, 0.2) is 24.3 Å². The number of carbonyl (C=O) groups is 1. The maximum Gasteiger partial charge on any atom is 0.221 e. The van der Waals surface area contributed by atoms with Crippen LogP contribution in [-0.2, 0) is 14.3 Å². The van der Waals surface area contributed by atoms with E-state index in [1.165, 1.54) is 0 Å². The van der Waals surface area contributed by atoms with Gasteiger partial charge in [-0.05, 0) is 69.5 Å². The average molecular weight is 430 g/mol. The first-order chi connectivity index (χ1) is 10.6. The molecule has 0 aliphatic carbocycles. The number of ether oxygens (including phenoxy) is 2. The Hall–Kier alpha value is -1.17. The predicted molar refractivity (Wildman–Crippen MR) is 86.2 cm³/mol. The van der Waals surface area contributed by atoms with Gasteiger partial charge in [0.05, 0.1) is 18.3 Å². The number of fused-ring (bicyclic) bond motifs is 2. The number of aromatic nitrogens is 4. The fraction of sp³-hybridized carbons (Fsp3) is 0.385. The summed E-state index contributed by atoms with van der Waals surface area (Å²) < 4.78 is 15.6. The Labute approximate surface area is 144 Å². The third-order valence-corrected chi connectivity index (χ3v) is 4.88. The zero-order valence-corrected chi connectivity index (χ0v) is 14.2. The molecule has 2 saturated heterocycles. The second kappa shape index (κ2) is 5.48. The highest BCUT2D eigenvalue weighted by atomic mass is 127. The normalized spacial score (nSPS) is 27.3. The molecule has 0 amide bonds. The highest BCUT2D eigenvalue weighted by molar-refractivity contribution is 14.1. The number of benzene rings is 1. The summed E-state index contributed by atoms with van der Waals surface area (Å²) in [5, 5.41) is 8.24. The molecule has 114 valence electrons. The van der Waals surface area contributed by atoms with E-state index in [9.17, 15) is 4.79 Å². The monoisotopic (exact) mass is 430 g/mol. The van der Waals surface area contributed by atoms with Crippen molar-refractivity contribution in [1.82, 2.24) is 19.8 Å². The molecule has 0 spiro atoms. The van der Waals surface area contributed by atoms with Crippen molar-refractivity contribution in [3.8, 4) is 5.69 Å². The number of halogens is 1. The maximum atomic E-state index is 11.9. The summed E-state index contributed by atoms with van der Waals surface area (Å²) in [6.45, 7) is 0.374. The van der Waals surface area contributed by atoms with E-state index < -0.39 is 6.29 Å². The minimum Gasteiger partial charge on any atom is -0.343 e. The van der Waals surface area contributed by atoms with Crippen LogP contribution >= 0.6 is 34.8 Å². The molecule has 4 rings (SSSR count). The molecule has 9 heteroatoms. The molecule has 2 aromatic rings. The Bertz CT molecular complexity index is 787. The zero-order valence-electron chi connectivity index (χ0n) is 11.3. The van der Waals surface area contributed by atoms with Crippen LogP contribution < -0.4 is 0 Å². The van der Waals surface area contributed by atoms with Crippen molar-refractivity contribution in [2.75, 3.05) is 6.61 Å². The van der Waals surface area contributed by atoms with Crippen molar-refractivity contribution in [2.45, 2.75) is 24.9 Å². The smallest absolute Gasteiger partial charge is 0.221 e. The topological polar surface area (TPSA) is 71.2 Å². The summed E-state index contributed by atoms with van der Waals surface area (Å²) >= 11 is 7.70. The first-order valence-corrected chi connectivity index (χ1v) is 8.22. The van der Waals surface area contributed by atoms with Gasteiger partial charge in [-0.2, -0.15) is 4.68 Å². The molecule has 0 N–H and O–H groups in total. The van der Waals surface area contributed by atoms with Crippen molar-refractivity contribution in [2.24, 2.45) is 0 Å². The largest absolute Gasteiger partial charge is 0.343 e. The molecule has 3 heterocycles. The number of nitrogens with zero attached hydrogens (tertiary/aromatic N) is 4. The summed E-state index contributed by atoms with van der Waals surface area (Å²) in [5.41, 5.74) is 0.834. The van der Waals surface area contributed by atoms with Crippen LogP contribution in [0.3, 0.4) is 0 Å². The number of tetrazole rings is 1. The van der Waals surface area contributed by atoms with Crippen molar-refractivity contribution >= 4 is 40.6 Å². The van der Waals surface area contributed by atoms with Gasteiger partial charge in [0.25, 0.3) is 0 Å². The van der Waals surface area contributed by atoms with Crippen LogP contribution in [0.5, 0.6) is 0 Å². The SMILES string of the molecule is O=C1C[C@@H](n2nnn(-c3ccc(I)cc3)c2=S)[C@H]2CO[C@H]1O2. The van der Waals surface area contributed by atoms with Gasteiger partial charge < -0.3 is 9.47 Å². The average Bonchev–Trinajstić information content (AvgIpc) is 3.10. The molecule has 2 aliphatic heterocycles. The first kappa shape index (κ1) is 14.4. The van der Waals surface area contributed by atoms with E-state index in [-0.39, 0.29) is 17.9 Å². The van der Waals surface area contributed by atoms with E-state index in [0.717, 1.165) is 9.26 Å². The summed E-state index contributed by atoms with van der Waals surface area (Å²) in [4.78, 5) is 11.9. The van der Waals surface area contributed by atoms with Gasteiger partial charge in [0, 0.05) is 9.99 Å². The lowest BCUT2D eigenvalue weighted by atomic mass is 10.0. The quantitative estimate of drug-likeness (QED) is 0.533. The van der Waals surface area contributed by atoms with Crippen molar-refractivity contribution in [3.63, 3.8) is 0 Å². The molecular formula is C13H11IN4O3S. The van der Waals surface area contributed by atoms with E-state index in [2.05, 4.69) is 33.0 Å². The zero-order chi connectivity index (χ0) is 15.3. The summed E-state index contributed by atoms with van der Waals surface area (Å²) in [7, 11) is 0. The summed E-state index contributed by atoms with van der Waals surface area (Å²) in [6, 6.07) is 7.52.